The maximum Gasteiger partial charge on any atom is 0.0684 e. The van der Waals surface area contributed by atoms with Crippen molar-refractivity contribution >= 4 is 5.69 Å². The van der Waals surface area contributed by atoms with Crippen molar-refractivity contribution in [3.05, 3.63) is 30.3 Å². The van der Waals surface area contributed by atoms with Gasteiger partial charge >= 0.3 is 0 Å². The Morgan fingerprint density at radius 1 is 1.05 bits per heavy atom. The molecule has 0 aromatic heterocycles. The Morgan fingerprint density at radius 3 is 2.32 bits per heavy atom. The molecule has 1 aliphatic carbocycles. The fourth-order valence-electron chi connectivity index (χ4n) is 3.78. The van der Waals surface area contributed by atoms with E-state index in [2.05, 4.69) is 35.2 Å². The molecule has 2 fully saturated rings. The predicted octanol–water partition coefficient (Wildman–Crippen LogP) is 3.60. The fraction of sp³-hybridized carbons (Fsp3) is 0.647. The second-order valence-corrected chi connectivity index (χ2v) is 6.40. The van der Waals surface area contributed by atoms with Crippen molar-refractivity contribution in [2.24, 2.45) is 5.92 Å². The van der Waals surface area contributed by atoms with Crippen LogP contribution in [0.25, 0.3) is 0 Å². The van der Waals surface area contributed by atoms with Crippen molar-refractivity contribution in [1.82, 2.24) is 0 Å². The zero-order valence-electron chi connectivity index (χ0n) is 11.7. The van der Waals surface area contributed by atoms with Gasteiger partial charge in [0, 0.05) is 18.8 Å². The number of rotatable bonds is 3. The zero-order valence-corrected chi connectivity index (χ0v) is 11.7. The molecule has 1 aliphatic heterocycles. The highest BCUT2D eigenvalue weighted by atomic mass is 16.3. The summed E-state index contributed by atoms with van der Waals surface area (Å²) >= 11 is 0. The average Bonchev–Trinajstić information content (AvgIpc) is 2.93. The normalized spacial score (nSPS) is 23.7. The molecule has 1 saturated carbocycles. The second kappa shape index (κ2) is 5.54. The van der Waals surface area contributed by atoms with E-state index in [4.69, 9.17) is 0 Å². The van der Waals surface area contributed by atoms with Crippen molar-refractivity contribution in [2.45, 2.75) is 50.5 Å². The van der Waals surface area contributed by atoms with E-state index >= 15 is 0 Å². The van der Waals surface area contributed by atoms with Gasteiger partial charge in [0.05, 0.1) is 5.60 Å². The monoisotopic (exact) mass is 259 g/mol. The lowest BCUT2D eigenvalue weighted by Crippen LogP contribution is -2.45. The van der Waals surface area contributed by atoms with Crippen LogP contribution in [0.4, 0.5) is 5.69 Å². The quantitative estimate of drug-likeness (QED) is 0.896. The molecule has 104 valence electrons. The smallest absolute Gasteiger partial charge is 0.0684 e. The average molecular weight is 259 g/mol. The standard InChI is InChI=1S/C17H25NO/c19-17(14-15-6-4-5-7-15)10-12-18(13-11-17)16-8-2-1-3-9-16/h1-3,8-9,15,19H,4-7,10-14H2. The number of para-hydroxylation sites is 1. The van der Waals surface area contributed by atoms with Gasteiger partial charge in [-0.25, -0.2) is 0 Å². The summed E-state index contributed by atoms with van der Waals surface area (Å²) in [6, 6.07) is 10.6. The van der Waals surface area contributed by atoms with Crippen LogP contribution in [0.5, 0.6) is 0 Å². The van der Waals surface area contributed by atoms with Crippen LogP contribution in [0.3, 0.4) is 0 Å². The Bertz CT molecular complexity index is 389. The first kappa shape index (κ1) is 13.0. The molecule has 1 heterocycles. The predicted molar refractivity (Wildman–Crippen MR) is 79.4 cm³/mol. The number of hydrogen-bond donors (Lipinski definition) is 1. The van der Waals surface area contributed by atoms with Crippen LogP contribution in [-0.2, 0) is 0 Å². The van der Waals surface area contributed by atoms with Crippen LogP contribution in [0.15, 0.2) is 30.3 Å². The Morgan fingerprint density at radius 2 is 1.68 bits per heavy atom. The number of anilines is 1. The van der Waals surface area contributed by atoms with Gasteiger partial charge in [0.25, 0.3) is 0 Å². The van der Waals surface area contributed by atoms with Gasteiger partial charge in [0.2, 0.25) is 0 Å². The Balaban J connectivity index is 1.56. The van der Waals surface area contributed by atoms with Crippen LogP contribution >= 0.6 is 0 Å². The van der Waals surface area contributed by atoms with Gasteiger partial charge in [0.15, 0.2) is 0 Å². The second-order valence-electron chi connectivity index (χ2n) is 6.40. The summed E-state index contributed by atoms with van der Waals surface area (Å²) in [5, 5.41) is 10.8. The highest BCUT2D eigenvalue weighted by molar-refractivity contribution is 5.46. The van der Waals surface area contributed by atoms with E-state index in [9.17, 15) is 5.11 Å². The summed E-state index contributed by atoms with van der Waals surface area (Å²) in [6.45, 7) is 1.99. The van der Waals surface area contributed by atoms with Crippen molar-refractivity contribution in [3.8, 4) is 0 Å². The first-order chi connectivity index (χ1) is 9.25. The lowest BCUT2D eigenvalue weighted by Gasteiger charge is -2.40. The van der Waals surface area contributed by atoms with Gasteiger partial charge in [-0.05, 0) is 37.3 Å². The van der Waals surface area contributed by atoms with Crippen LogP contribution in [0.2, 0.25) is 0 Å². The number of aliphatic hydroxyl groups is 1. The first-order valence-electron chi connectivity index (χ1n) is 7.78. The Labute approximate surface area is 116 Å². The van der Waals surface area contributed by atoms with Crippen molar-refractivity contribution in [1.29, 1.82) is 0 Å². The van der Waals surface area contributed by atoms with Crippen LogP contribution in [0.1, 0.15) is 44.9 Å². The first-order valence-corrected chi connectivity index (χ1v) is 7.78. The van der Waals surface area contributed by atoms with Gasteiger partial charge in [-0.15, -0.1) is 0 Å². The molecule has 0 unspecified atom stereocenters. The van der Waals surface area contributed by atoms with Crippen LogP contribution in [0, 0.1) is 5.92 Å². The third kappa shape index (κ3) is 3.11. The summed E-state index contributed by atoms with van der Waals surface area (Å²) < 4.78 is 0. The van der Waals surface area contributed by atoms with E-state index in [1.54, 1.807) is 0 Å². The van der Waals surface area contributed by atoms with E-state index in [0.29, 0.717) is 0 Å². The molecule has 1 saturated heterocycles. The number of nitrogens with zero attached hydrogens (tertiary/aromatic N) is 1. The molecule has 19 heavy (non-hydrogen) atoms. The van der Waals surface area contributed by atoms with Gasteiger partial charge in [-0.3, -0.25) is 0 Å². The highest BCUT2D eigenvalue weighted by Gasteiger charge is 2.35. The van der Waals surface area contributed by atoms with E-state index in [1.807, 2.05) is 0 Å². The molecule has 2 nitrogen and oxygen atoms in total. The molecule has 0 amide bonds. The topological polar surface area (TPSA) is 23.5 Å². The van der Waals surface area contributed by atoms with E-state index in [1.165, 1.54) is 31.4 Å². The minimum absolute atomic E-state index is 0.389. The molecular weight excluding hydrogens is 234 g/mol. The Kier molecular flexibility index (Phi) is 3.79. The fourth-order valence-corrected chi connectivity index (χ4v) is 3.78. The van der Waals surface area contributed by atoms with E-state index < -0.39 is 0 Å². The van der Waals surface area contributed by atoms with Crippen LogP contribution < -0.4 is 4.90 Å². The van der Waals surface area contributed by atoms with Gasteiger partial charge in [-0.2, -0.15) is 0 Å². The summed E-state index contributed by atoms with van der Waals surface area (Å²) in [7, 11) is 0. The molecule has 0 atom stereocenters. The molecule has 2 aliphatic rings. The summed E-state index contributed by atoms with van der Waals surface area (Å²) in [5.41, 5.74) is 0.908. The molecule has 0 spiro atoms. The summed E-state index contributed by atoms with van der Waals surface area (Å²) in [5.74, 6) is 0.785. The van der Waals surface area contributed by atoms with E-state index in [0.717, 1.165) is 38.3 Å². The minimum atomic E-state index is -0.389. The molecule has 2 heteroatoms. The van der Waals surface area contributed by atoms with Gasteiger partial charge in [-0.1, -0.05) is 43.9 Å². The van der Waals surface area contributed by atoms with Crippen molar-refractivity contribution < 1.29 is 5.11 Å². The zero-order chi connectivity index (χ0) is 13.1. The van der Waals surface area contributed by atoms with Crippen molar-refractivity contribution in [3.63, 3.8) is 0 Å². The largest absolute Gasteiger partial charge is 0.390 e. The maximum absolute atomic E-state index is 10.8. The Hall–Kier alpha value is -1.02. The van der Waals surface area contributed by atoms with Crippen LogP contribution in [-0.4, -0.2) is 23.8 Å². The van der Waals surface area contributed by atoms with Gasteiger partial charge < -0.3 is 10.0 Å². The molecule has 1 aromatic carbocycles. The molecule has 3 rings (SSSR count). The molecule has 1 N–H and O–H groups in total. The van der Waals surface area contributed by atoms with E-state index in [-0.39, 0.29) is 5.60 Å². The molecule has 0 bridgehead atoms. The molecular formula is C17H25NO. The third-order valence-electron chi connectivity index (χ3n) is 4.96. The minimum Gasteiger partial charge on any atom is -0.390 e. The molecule has 0 radical (unpaired) electrons. The third-order valence-corrected chi connectivity index (χ3v) is 4.96. The number of hydrogen-bond acceptors (Lipinski definition) is 2. The summed E-state index contributed by atoms with van der Waals surface area (Å²) in [6.07, 6.45) is 8.32. The molecule has 1 aromatic rings. The highest BCUT2D eigenvalue weighted by Crippen LogP contribution is 2.37. The number of benzene rings is 1. The maximum atomic E-state index is 10.8. The summed E-state index contributed by atoms with van der Waals surface area (Å²) in [4.78, 5) is 2.41. The number of piperidine rings is 1. The lowest BCUT2D eigenvalue weighted by atomic mass is 9.82. The SMILES string of the molecule is OC1(CC2CCCC2)CCN(c2ccccc2)CC1. The van der Waals surface area contributed by atoms with Crippen molar-refractivity contribution in [2.75, 3.05) is 18.0 Å². The van der Waals surface area contributed by atoms with Gasteiger partial charge in [0.1, 0.15) is 0 Å². The lowest BCUT2D eigenvalue weighted by molar-refractivity contribution is -0.00591.